The second-order valence-corrected chi connectivity index (χ2v) is 7.48. The molecule has 0 aromatic heterocycles. The van der Waals surface area contributed by atoms with Gasteiger partial charge in [0.1, 0.15) is 16.9 Å². The van der Waals surface area contributed by atoms with Crippen LogP contribution in [0, 0.1) is 6.92 Å². The van der Waals surface area contributed by atoms with Crippen molar-refractivity contribution in [1.82, 2.24) is 0 Å². The lowest BCUT2D eigenvalue weighted by atomic mass is 9.87. The summed E-state index contributed by atoms with van der Waals surface area (Å²) < 4.78 is 5.83. The van der Waals surface area contributed by atoms with Crippen molar-refractivity contribution >= 4 is 11.9 Å². The quantitative estimate of drug-likeness (QED) is 0.239. The molecule has 4 heteroatoms. The summed E-state index contributed by atoms with van der Waals surface area (Å²) in [6.45, 7) is 8.23. The number of rotatable bonds is 6. The molecule has 2 N–H and O–H groups in total. The SMILES string of the molecule is [CH2+]C(C)(C)c1ccc(Oc2ccc(C(=O)/C=C/c3ccc(O)c(O)c3)cc2)cc1. The van der Waals surface area contributed by atoms with Crippen molar-refractivity contribution in [2.45, 2.75) is 19.3 Å². The summed E-state index contributed by atoms with van der Waals surface area (Å²) in [4.78, 5) is 12.3. The van der Waals surface area contributed by atoms with Crippen molar-refractivity contribution in [3.05, 3.63) is 96.4 Å². The molecule has 0 aliphatic heterocycles. The van der Waals surface area contributed by atoms with Crippen LogP contribution in [0.15, 0.2) is 72.8 Å². The van der Waals surface area contributed by atoms with Crippen molar-refractivity contribution in [2.75, 3.05) is 0 Å². The van der Waals surface area contributed by atoms with E-state index >= 15 is 0 Å². The smallest absolute Gasteiger partial charge is 0.185 e. The monoisotopic (exact) mass is 387 g/mol. The molecule has 0 aliphatic rings. The van der Waals surface area contributed by atoms with Crippen molar-refractivity contribution in [1.29, 1.82) is 0 Å². The average Bonchev–Trinajstić information content (AvgIpc) is 2.69. The predicted octanol–water partition coefficient (Wildman–Crippen LogP) is 5.90. The number of hydrogen-bond donors (Lipinski definition) is 2. The Morgan fingerprint density at radius 3 is 2.03 bits per heavy atom. The molecule has 4 nitrogen and oxygen atoms in total. The first-order valence-electron chi connectivity index (χ1n) is 9.20. The number of carbonyl (C=O) groups excluding carboxylic acids is 1. The van der Waals surface area contributed by atoms with Gasteiger partial charge in [0.15, 0.2) is 17.3 Å². The topological polar surface area (TPSA) is 66.8 Å². The van der Waals surface area contributed by atoms with Crippen LogP contribution in [0.5, 0.6) is 23.0 Å². The van der Waals surface area contributed by atoms with Crippen molar-refractivity contribution < 1.29 is 19.7 Å². The molecule has 0 heterocycles. The molecular formula is C25H23O4+. The van der Waals surface area contributed by atoms with Gasteiger partial charge in [-0.2, -0.15) is 0 Å². The Kier molecular flexibility index (Phi) is 5.64. The summed E-state index contributed by atoms with van der Waals surface area (Å²) in [5.41, 5.74) is 2.10. The van der Waals surface area contributed by atoms with E-state index in [1.54, 1.807) is 36.4 Å². The highest BCUT2D eigenvalue weighted by atomic mass is 16.5. The standard InChI is InChI=1S/C25H22O4/c1-25(2,3)19-8-12-21(13-9-19)29-20-10-6-18(7-11-20)22(26)14-4-17-5-15-23(27)24(28)16-17/h4-16H,1H2,2-3H3,(H-,26,27,28)/p+1. The Labute approximate surface area is 170 Å². The summed E-state index contributed by atoms with van der Waals surface area (Å²) in [6.07, 6.45) is 3.00. The Balaban J connectivity index is 1.65. The Morgan fingerprint density at radius 1 is 0.897 bits per heavy atom. The van der Waals surface area contributed by atoms with Crippen LogP contribution in [0.25, 0.3) is 6.08 Å². The molecule has 0 atom stereocenters. The lowest BCUT2D eigenvalue weighted by Gasteiger charge is -2.12. The number of phenolic OH excluding ortho intramolecular Hbond substituents is 2. The molecule has 0 fully saturated rings. The normalized spacial score (nSPS) is 11.5. The van der Waals surface area contributed by atoms with E-state index in [-0.39, 0.29) is 22.7 Å². The lowest BCUT2D eigenvalue weighted by molar-refractivity contribution is 0.104. The van der Waals surface area contributed by atoms with Gasteiger partial charge in [0.05, 0.1) is 6.92 Å². The Morgan fingerprint density at radius 2 is 1.48 bits per heavy atom. The number of benzene rings is 3. The third-order valence-electron chi connectivity index (χ3n) is 4.44. The maximum Gasteiger partial charge on any atom is 0.185 e. The molecular weight excluding hydrogens is 364 g/mol. The number of allylic oxidation sites excluding steroid dienone is 1. The fourth-order valence-corrected chi connectivity index (χ4v) is 2.71. The van der Waals surface area contributed by atoms with Crippen molar-refractivity contribution in [2.24, 2.45) is 0 Å². The first kappa shape index (κ1) is 20.1. The van der Waals surface area contributed by atoms with Gasteiger partial charge in [0.25, 0.3) is 0 Å². The first-order valence-corrected chi connectivity index (χ1v) is 9.20. The fraction of sp³-hybridized carbons (Fsp3) is 0.120. The van der Waals surface area contributed by atoms with Crippen molar-refractivity contribution in [3.8, 4) is 23.0 Å². The van der Waals surface area contributed by atoms with Crippen molar-refractivity contribution in [3.63, 3.8) is 0 Å². The molecule has 3 aromatic rings. The molecule has 0 saturated carbocycles. The van der Waals surface area contributed by atoms with E-state index in [1.165, 1.54) is 18.2 Å². The van der Waals surface area contributed by atoms with E-state index in [1.807, 2.05) is 24.3 Å². The highest BCUT2D eigenvalue weighted by Crippen LogP contribution is 2.27. The third-order valence-corrected chi connectivity index (χ3v) is 4.44. The van der Waals surface area contributed by atoms with Gasteiger partial charge in [-0.3, -0.25) is 4.79 Å². The second kappa shape index (κ2) is 8.15. The van der Waals surface area contributed by atoms with E-state index in [9.17, 15) is 15.0 Å². The van der Waals surface area contributed by atoms with Crippen LogP contribution in [0.2, 0.25) is 0 Å². The minimum absolute atomic E-state index is 0.160. The molecule has 3 rings (SSSR count). The van der Waals surface area contributed by atoms with Crippen LogP contribution < -0.4 is 4.74 Å². The Hall–Kier alpha value is -3.66. The fourth-order valence-electron chi connectivity index (χ4n) is 2.71. The highest BCUT2D eigenvalue weighted by Gasteiger charge is 2.20. The zero-order chi connectivity index (χ0) is 21.0. The van der Waals surface area contributed by atoms with Crippen LogP contribution in [0.4, 0.5) is 0 Å². The molecule has 0 unspecified atom stereocenters. The maximum atomic E-state index is 12.3. The highest BCUT2D eigenvalue weighted by molar-refractivity contribution is 6.06. The van der Waals surface area contributed by atoms with Gasteiger partial charge in [-0.25, -0.2) is 0 Å². The van der Waals surface area contributed by atoms with Crippen LogP contribution in [0.1, 0.15) is 35.3 Å². The summed E-state index contributed by atoms with van der Waals surface area (Å²) in [6, 6.07) is 19.0. The summed E-state index contributed by atoms with van der Waals surface area (Å²) >= 11 is 0. The van der Waals surface area contributed by atoms with E-state index in [4.69, 9.17) is 4.74 Å². The number of ketones is 1. The van der Waals surface area contributed by atoms with Gasteiger partial charge in [-0.05, 0) is 74.0 Å². The number of aromatic hydroxyl groups is 2. The van der Waals surface area contributed by atoms with E-state index in [0.29, 0.717) is 22.6 Å². The molecule has 0 bridgehead atoms. The number of ether oxygens (including phenoxy) is 1. The number of hydrogen-bond acceptors (Lipinski definition) is 4. The summed E-state index contributed by atoms with van der Waals surface area (Å²) in [5.74, 6) is 0.743. The molecule has 0 amide bonds. The van der Waals surface area contributed by atoms with Gasteiger partial charge in [-0.15, -0.1) is 0 Å². The van der Waals surface area contributed by atoms with Crippen LogP contribution in [0.3, 0.4) is 0 Å². The third kappa shape index (κ3) is 5.20. The number of phenols is 2. The summed E-state index contributed by atoms with van der Waals surface area (Å²) in [7, 11) is 0. The molecule has 0 aliphatic carbocycles. The van der Waals surface area contributed by atoms with E-state index in [0.717, 1.165) is 5.56 Å². The van der Waals surface area contributed by atoms with E-state index in [2.05, 4.69) is 20.8 Å². The summed E-state index contributed by atoms with van der Waals surface area (Å²) in [5, 5.41) is 18.8. The Bertz CT molecular complexity index is 1020. The molecule has 146 valence electrons. The van der Waals surface area contributed by atoms with Crippen LogP contribution in [-0.2, 0) is 5.41 Å². The molecule has 0 saturated heterocycles. The van der Waals surface area contributed by atoms with E-state index < -0.39 is 0 Å². The van der Waals surface area contributed by atoms with Gasteiger partial charge in [0.2, 0.25) is 0 Å². The lowest BCUT2D eigenvalue weighted by Crippen LogP contribution is -2.10. The minimum Gasteiger partial charge on any atom is -0.504 e. The van der Waals surface area contributed by atoms with Crippen LogP contribution in [-0.4, -0.2) is 16.0 Å². The van der Waals surface area contributed by atoms with Gasteiger partial charge >= 0.3 is 0 Å². The van der Waals surface area contributed by atoms with Gasteiger partial charge < -0.3 is 14.9 Å². The van der Waals surface area contributed by atoms with Crippen LogP contribution >= 0.6 is 0 Å². The molecule has 29 heavy (non-hydrogen) atoms. The molecule has 0 spiro atoms. The number of carbonyl (C=O) groups is 1. The predicted molar refractivity (Wildman–Crippen MR) is 114 cm³/mol. The largest absolute Gasteiger partial charge is 0.504 e. The maximum absolute atomic E-state index is 12.3. The average molecular weight is 387 g/mol. The first-order chi connectivity index (χ1) is 13.7. The second-order valence-electron chi connectivity index (χ2n) is 7.48. The zero-order valence-electron chi connectivity index (χ0n) is 16.4. The minimum atomic E-state index is -0.229. The van der Waals surface area contributed by atoms with Gasteiger partial charge in [0, 0.05) is 11.1 Å². The zero-order valence-corrected chi connectivity index (χ0v) is 16.4. The molecule has 3 aromatic carbocycles. The van der Waals surface area contributed by atoms with Gasteiger partial charge in [-0.1, -0.05) is 24.3 Å². The molecule has 0 radical (unpaired) electrons.